The van der Waals surface area contributed by atoms with Gasteiger partial charge >= 0.3 is 0 Å². The normalized spacial score (nSPS) is 11.0. The maximum atomic E-state index is 2.33. The van der Waals surface area contributed by atoms with E-state index >= 15 is 0 Å². The lowest BCUT2D eigenvalue weighted by Crippen LogP contribution is -2.10. The molecule has 0 aromatic heterocycles. The highest BCUT2D eigenvalue weighted by Gasteiger charge is 2.15. The highest BCUT2D eigenvalue weighted by Crippen LogP contribution is 2.38. The monoisotopic (exact) mass is 694 g/mol. The van der Waals surface area contributed by atoms with Crippen molar-refractivity contribution in [2.24, 2.45) is 0 Å². The average Bonchev–Trinajstić information content (AvgIpc) is 3.25. The minimum Gasteiger partial charge on any atom is -0.311 e. The van der Waals surface area contributed by atoms with Gasteiger partial charge in [-0.25, -0.2) is 0 Å². The molecule has 0 fully saturated rings. The summed E-state index contributed by atoms with van der Waals surface area (Å²) in [6.07, 6.45) is 6.37. The van der Waals surface area contributed by atoms with Crippen molar-refractivity contribution in [1.29, 1.82) is 0 Å². The molecule has 0 N–H and O–H groups in total. The van der Waals surface area contributed by atoms with Crippen molar-refractivity contribution in [1.82, 2.24) is 0 Å². The molecular weight excluding hydrogens is 653 g/mol. The Morgan fingerprint density at radius 1 is 0.259 bits per heavy atom. The lowest BCUT2D eigenvalue weighted by molar-refractivity contribution is 0.960. The van der Waals surface area contributed by atoms with Crippen LogP contribution in [0.3, 0.4) is 0 Å². The number of anilines is 6. The molecule has 260 valence electrons. The van der Waals surface area contributed by atoms with E-state index < -0.39 is 0 Å². The number of aryl methyl sites for hydroxylation is 2. The topological polar surface area (TPSA) is 6.48 Å². The van der Waals surface area contributed by atoms with E-state index in [-0.39, 0.29) is 0 Å². The SMILES string of the molecule is C(=Cc1ccc(N(c2ccccc2)c2ccc(-c3ccc(N(c4ccccc4)c4ccc(CCc5ccccc5)cc4)cc3)cc2)cc1)c1ccccc1. The van der Waals surface area contributed by atoms with Crippen LogP contribution in [0.2, 0.25) is 0 Å². The van der Waals surface area contributed by atoms with Gasteiger partial charge in [0.1, 0.15) is 0 Å². The molecule has 54 heavy (non-hydrogen) atoms. The van der Waals surface area contributed by atoms with Crippen LogP contribution in [-0.4, -0.2) is 0 Å². The van der Waals surface area contributed by atoms with Crippen molar-refractivity contribution in [3.63, 3.8) is 0 Å². The minimum atomic E-state index is 1.02. The molecule has 0 heterocycles. The zero-order valence-corrected chi connectivity index (χ0v) is 30.2. The van der Waals surface area contributed by atoms with Gasteiger partial charge in [0.2, 0.25) is 0 Å². The second-order valence-electron chi connectivity index (χ2n) is 13.4. The van der Waals surface area contributed by atoms with Crippen molar-refractivity contribution in [3.8, 4) is 11.1 Å². The smallest absolute Gasteiger partial charge is 0.0462 e. The maximum absolute atomic E-state index is 2.33. The molecule has 8 rings (SSSR count). The van der Waals surface area contributed by atoms with Crippen LogP contribution in [0.4, 0.5) is 34.1 Å². The number of para-hydroxylation sites is 2. The predicted molar refractivity (Wildman–Crippen MR) is 230 cm³/mol. The first kappa shape index (κ1) is 34.2. The van der Waals surface area contributed by atoms with Crippen molar-refractivity contribution in [2.45, 2.75) is 12.8 Å². The third-order valence-electron chi connectivity index (χ3n) is 9.77. The summed E-state index contributed by atoms with van der Waals surface area (Å²) in [6.45, 7) is 0. The number of hydrogen-bond acceptors (Lipinski definition) is 2. The van der Waals surface area contributed by atoms with Gasteiger partial charge in [-0.1, -0.05) is 158 Å². The molecular formula is C52H42N2. The number of benzene rings is 8. The summed E-state index contributed by atoms with van der Waals surface area (Å²) in [7, 11) is 0. The molecule has 8 aromatic carbocycles. The zero-order chi connectivity index (χ0) is 36.4. The summed E-state index contributed by atoms with van der Waals surface area (Å²) in [5.74, 6) is 0. The van der Waals surface area contributed by atoms with Crippen LogP contribution in [0.5, 0.6) is 0 Å². The largest absolute Gasteiger partial charge is 0.311 e. The first-order chi connectivity index (χ1) is 26.8. The predicted octanol–water partition coefficient (Wildman–Crippen LogP) is 14.2. The fourth-order valence-corrected chi connectivity index (χ4v) is 6.89. The van der Waals surface area contributed by atoms with Gasteiger partial charge in [-0.05, 0) is 119 Å². The van der Waals surface area contributed by atoms with E-state index in [1.165, 1.54) is 27.8 Å². The Balaban J connectivity index is 1.02. The van der Waals surface area contributed by atoms with Gasteiger partial charge in [0.05, 0.1) is 0 Å². The van der Waals surface area contributed by atoms with Crippen LogP contribution in [0, 0.1) is 0 Å². The van der Waals surface area contributed by atoms with Crippen molar-refractivity contribution in [3.05, 3.63) is 241 Å². The Labute approximate surface area is 319 Å². The van der Waals surface area contributed by atoms with Crippen molar-refractivity contribution < 1.29 is 0 Å². The lowest BCUT2D eigenvalue weighted by Gasteiger charge is -2.26. The Morgan fingerprint density at radius 3 is 0.981 bits per heavy atom. The van der Waals surface area contributed by atoms with Gasteiger partial charge in [0.25, 0.3) is 0 Å². The highest BCUT2D eigenvalue weighted by molar-refractivity contribution is 5.81. The Hall–Kier alpha value is -6.90. The molecule has 2 heteroatoms. The Bertz CT molecular complexity index is 2370. The molecule has 0 atom stereocenters. The first-order valence-electron chi connectivity index (χ1n) is 18.6. The molecule has 0 unspecified atom stereocenters. The number of nitrogens with zero attached hydrogens (tertiary/aromatic N) is 2. The molecule has 0 bridgehead atoms. The molecule has 8 aromatic rings. The molecule has 0 spiro atoms. The fourth-order valence-electron chi connectivity index (χ4n) is 6.89. The molecule has 0 saturated heterocycles. The van der Waals surface area contributed by atoms with Crippen LogP contribution < -0.4 is 9.80 Å². The van der Waals surface area contributed by atoms with Gasteiger partial charge in [-0.3, -0.25) is 0 Å². The van der Waals surface area contributed by atoms with E-state index in [1.807, 2.05) is 6.07 Å². The quantitative estimate of drug-likeness (QED) is 0.117. The van der Waals surface area contributed by atoms with Crippen LogP contribution in [0.15, 0.2) is 218 Å². The summed E-state index contributed by atoms with van der Waals surface area (Å²) >= 11 is 0. The summed E-state index contributed by atoms with van der Waals surface area (Å²) in [5, 5.41) is 0. The summed E-state index contributed by atoms with van der Waals surface area (Å²) in [6, 6.07) is 77.8. The zero-order valence-electron chi connectivity index (χ0n) is 30.2. The third-order valence-corrected chi connectivity index (χ3v) is 9.77. The standard InChI is InChI=1S/C52H42N2/c1-5-13-41(14-6-1)21-23-43-25-33-49(34-26-43)53(47-17-9-3-10-18-47)51-37-29-45(30-38-51)46-31-39-52(40-32-46)54(48-19-11-4-12-20-48)50-35-27-44(28-36-50)24-22-42-15-7-2-8-16-42/h1-21,23,25-40H,22,24H2. The first-order valence-corrected chi connectivity index (χ1v) is 18.6. The second kappa shape index (κ2) is 16.6. The summed E-state index contributed by atoms with van der Waals surface area (Å²) in [5.41, 5.74) is 14.1. The molecule has 0 aliphatic heterocycles. The average molecular weight is 695 g/mol. The summed E-state index contributed by atoms with van der Waals surface area (Å²) < 4.78 is 0. The van der Waals surface area contributed by atoms with Gasteiger partial charge in [-0.15, -0.1) is 0 Å². The molecule has 0 amide bonds. The minimum absolute atomic E-state index is 1.02. The van der Waals surface area contributed by atoms with E-state index in [0.717, 1.165) is 52.5 Å². The van der Waals surface area contributed by atoms with E-state index in [0.29, 0.717) is 0 Å². The number of rotatable bonds is 12. The van der Waals surface area contributed by atoms with Gasteiger partial charge < -0.3 is 9.80 Å². The van der Waals surface area contributed by atoms with E-state index in [2.05, 4.69) is 234 Å². The van der Waals surface area contributed by atoms with Crippen LogP contribution in [0.1, 0.15) is 22.3 Å². The Morgan fingerprint density at radius 2 is 0.556 bits per heavy atom. The van der Waals surface area contributed by atoms with E-state index in [1.54, 1.807) is 0 Å². The van der Waals surface area contributed by atoms with Gasteiger partial charge in [-0.2, -0.15) is 0 Å². The van der Waals surface area contributed by atoms with Crippen molar-refractivity contribution in [2.75, 3.05) is 9.80 Å². The van der Waals surface area contributed by atoms with Crippen LogP contribution >= 0.6 is 0 Å². The fraction of sp³-hybridized carbons (Fsp3) is 0.0385. The number of hydrogen-bond donors (Lipinski definition) is 0. The van der Waals surface area contributed by atoms with Crippen LogP contribution in [-0.2, 0) is 12.8 Å². The Kier molecular flexibility index (Phi) is 10.5. The molecule has 0 aliphatic rings. The second-order valence-corrected chi connectivity index (χ2v) is 13.4. The van der Waals surface area contributed by atoms with Crippen molar-refractivity contribution >= 4 is 46.3 Å². The molecule has 0 aliphatic carbocycles. The van der Waals surface area contributed by atoms with Gasteiger partial charge in [0.15, 0.2) is 0 Å². The van der Waals surface area contributed by atoms with E-state index in [9.17, 15) is 0 Å². The summed E-state index contributed by atoms with van der Waals surface area (Å²) in [4.78, 5) is 4.64. The maximum Gasteiger partial charge on any atom is 0.0462 e. The van der Waals surface area contributed by atoms with E-state index in [4.69, 9.17) is 0 Å². The van der Waals surface area contributed by atoms with Crippen LogP contribution in [0.25, 0.3) is 23.3 Å². The van der Waals surface area contributed by atoms with Gasteiger partial charge in [0, 0.05) is 34.1 Å². The highest BCUT2D eigenvalue weighted by atomic mass is 15.1. The molecule has 2 nitrogen and oxygen atoms in total. The molecule has 0 radical (unpaired) electrons. The molecule has 0 saturated carbocycles. The third kappa shape index (κ3) is 8.25. The lowest BCUT2D eigenvalue weighted by atomic mass is 10.0.